The van der Waals surface area contributed by atoms with Crippen LogP contribution in [0.5, 0.6) is 0 Å². The highest BCUT2D eigenvalue weighted by atomic mass is 16.6. The Morgan fingerprint density at radius 1 is 1.28 bits per heavy atom. The highest BCUT2D eigenvalue weighted by molar-refractivity contribution is 5.67. The maximum atomic E-state index is 11.7. The molecule has 5 nitrogen and oxygen atoms in total. The van der Waals surface area contributed by atoms with E-state index in [0.717, 1.165) is 52.1 Å². The van der Waals surface area contributed by atoms with Crippen molar-refractivity contribution in [2.75, 3.05) is 45.9 Å². The molecule has 2 saturated heterocycles. The molecule has 2 aliphatic heterocycles. The number of hydrogen-bond acceptors (Lipinski definition) is 4. The van der Waals surface area contributed by atoms with Gasteiger partial charge in [0.15, 0.2) is 0 Å². The van der Waals surface area contributed by atoms with Crippen molar-refractivity contribution in [3.8, 4) is 0 Å². The number of rotatable bonds is 3. The molecule has 0 radical (unpaired) electrons. The molecule has 0 aromatic heterocycles. The average Bonchev–Trinajstić information content (AvgIpc) is 2.46. The standard InChI is InChI=1S/C13H23N3O2/c1-2-11-18-13(17)16-7-3-12(4-8-16)15-9-5-14-6-10-15/h2,12,14H,1,3-11H2. The summed E-state index contributed by atoms with van der Waals surface area (Å²) in [5.41, 5.74) is 0. The average molecular weight is 253 g/mol. The fourth-order valence-electron chi connectivity index (χ4n) is 2.68. The van der Waals surface area contributed by atoms with E-state index < -0.39 is 0 Å². The molecule has 0 spiro atoms. The van der Waals surface area contributed by atoms with Gasteiger partial charge in [-0.15, -0.1) is 0 Å². The normalized spacial score (nSPS) is 22.8. The second kappa shape index (κ2) is 6.75. The van der Waals surface area contributed by atoms with Crippen LogP contribution in [-0.4, -0.2) is 67.8 Å². The van der Waals surface area contributed by atoms with Gasteiger partial charge in [0.25, 0.3) is 0 Å². The first kappa shape index (κ1) is 13.4. The van der Waals surface area contributed by atoms with E-state index in [-0.39, 0.29) is 6.09 Å². The molecule has 2 aliphatic rings. The fraction of sp³-hybridized carbons (Fsp3) is 0.769. The lowest BCUT2D eigenvalue weighted by Gasteiger charge is -2.39. The van der Waals surface area contributed by atoms with Crippen molar-refractivity contribution in [2.24, 2.45) is 0 Å². The summed E-state index contributed by atoms with van der Waals surface area (Å²) in [5, 5.41) is 3.37. The summed E-state index contributed by atoms with van der Waals surface area (Å²) >= 11 is 0. The number of hydrogen-bond donors (Lipinski definition) is 1. The lowest BCUT2D eigenvalue weighted by molar-refractivity contribution is 0.0736. The highest BCUT2D eigenvalue weighted by Crippen LogP contribution is 2.17. The first-order valence-electron chi connectivity index (χ1n) is 6.78. The van der Waals surface area contributed by atoms with E-state index >= 15 is 0 Å². The van der Waals surface area contributed by atoms with Crippen molar-refractivity contribution >= 4 is 6.09 Å². The molecule has 1 N–H and O–H groups in total. The van der Waals surface area contributed by atoms with Crippen molar-refractivity contribution < 1.29 is 9.53 Å². The van der Waals surface area contributed by atoms with E-state index in [1.165, 1.54) is 0 Å². The van der Waals surface area contributed by atoms with Crippen LogP contribution < -0.4 is 5.32 Å². The molecule has 0 saturated carbocycles. The Morgan fingerprint density at radius 2 is 1.94 bits per heavy atom. The number of amides is 1. The maximum absolute atomic E-state index is 11.7. The lowest BCUT2D eigenvalue weighted by atomic mass is 10.0. The number of ether oxygens (including phenoxy) is 1. The zero-order valence-electron chi connectivity index (χ0n) is 10.9. The van der Waals surface area contributed by atoms with Gasteiger partial charge >= 0.3 is 6.09 Å². The molecule has 102 valence electrons. The van der Waals surface area contributed by atoms with Crippen LogP contribution in [0.2, 0.25) is 0 Å². The van der Waals surface area contributed by atoms with Crippen LogP contribution in [0, 0.1) is 0 Å². The Balaban J connectivity index is 1.73. The van der Waals surface area contributed by atoms with Gasteiger partial charge in [0.1, 0.15) is 6.61 Å². The molecule has 0 unspecified atom stereocenters. The van der Waals surface area contributed by atoms with Crippen molar-refractivity contribution in [3.63, 3.8) is 0 Å². The second-order valence-electron chi connectivity index (χ2n) is 4.87. The molecule has 2 heterocycles. The van der Waals surface area contributed by atoms with Gasteiger partial charge in [-0.3, -0.25) is 4.90 Å². The maximum Gasteiger partial charge on any atom is 0.410 e. The first-order chi connectivity index (χ1) is 8.81. The summed E-state index contributed by atoms with van der Waals surface area (Å²) in [4.78, 5) is 16.0. The van der Waals surface area contributed by atoms with Crippen LogP contribution in [0.15, 0.2) is 12.7 Å². The van der Waals surface area contributed by atoms with Crippen molar-refractivity contribution in [1.82, 2.24) is 15.1 Å². The molecule has 0 aliphatic carbocycles. The van der Waals surface area contributed by atoms with Gasteiger partial charge in [-0.05, 0) is 12.8 Å². The molecule has 1 amide bonds. The van der Waals surface area contributed by atoms with Gasteiger partial charge in [-0.2, -0.15) is 0 Å². The Morgan fingerprint density at radius 3 is 2.56 bits per heavy atom. The van der Waals surface area contributed by atoms with Crippen molar-refractivity contribution in [3.05, 3.63) is 12.7 Å². The van der Waals surface area contributed by atoms with E-state index in [4.69, 9.17) is 4.74 Å². The van der Waals surface area contributed by atoms with E-state index in [1.54, 1.807) is 6.08 Å². The Kier molecular flexibility index (Phi) is 5.01. The van der Waals surface area contributed by atoms with Crippen LogP contribution in [0.3, 0.4) is 0 Å². The van der Waals surface area contributed by atoms with Crippen molar-refractivity contribution in [2.45, 2.75) is 18.9 Å². The summed E-state index contributed by atoms with van der Waals surface area (Å²) in [6.07, 6.45) is 3.52. The van der Waals surface area contributed by atoms with Gasteiger partial charge in [0.2, 0.25) is 0 Å². The number of carbonyl (C=O) groups excluding carboxylic acids is 1. The van der Waals surface area contributed by atoms with Crippen LogP contribution in [0.4, 0.5) is 4.79 Å². The number of carbonyl (C=O) groups is 1. The zero-order valence-corrected chi connectivity index (χ0v) is 10.9. The van der Waals surface area contributed by atoms with E-state index in [0.29, 0.717) is 12.6 Å². The minimum Gasteiger partial charge on any atom is -0.445 e. The molecule has 2 fully saturated rings. The number of nitrogens with zero attached hydrogens (tertiary/aromatic N) is 2. The molecule has 0 aromatic rings. The highest BCUT2D eigenvalue weighted by Gasteiger charge is 2.27. The monoisotopic (exact) mass is 253 g/mol. The second-order valence-corrected chi connectivity index (χ2v) is 4.87. The first-order valence-corrected chi connectivity index (χ1v) is 6.78. The smallest absolute Gasteiger partial charge is 0.410 e. The number of nitrogens with one attached hydrogen (secondary N) is 1. The fourth-order valence-corrected chi connectivity index (χ4v) is 2.68. The molecule has 18 heavy (non-hydrogen) atoms. The van der Waals surface area contributed by atoms with Gasteiger partial charge in [0, 0.05) is 45.3 Å². The Hall–Kier alpha value is -1.07. The minimum atomic E-state index is -0.200. The third-order valence-electron chi connectivity index (χ3n) is 3.72. The quantitative estimate of drug-likeness (QED) is 0.751. The van der Waals surface area contributed by atoms with Crippen LogP contribution in [-0.2, 0) is 4.74 Å². The van der Waals surface area contributed by atoms with Crippen molar-refractivity contribution in [1.29, 1.82) is 0 Å². The van der Waals surface area contributed by atoms with Gasteiger partial charge in [-0.25, -0.2) is 4.79 Å². The lowest BCUT2D eigenvalue weighted by Crippen LogP contribution is -2.52. The Bertz CT molecular complexity index is 282. The Labute approximate surface area is 109 Å². The summed E-state index contributed by atoms with van der Waals surface area (Å²) in [6, 6.07) is 0.635. The largest absolute Gasteiger partial charge is 0.445 e. The minimum absolute atomic E-state index is 0.200. The van der Waals surface area contributed by atoms with Crippen LogP contribution >= 0.6 is 0 Å². The topological polar surface area (TPSA) is 44.8 Å². The van der Waals surface area contributed by atoms with Gasteiger partial charge in [0.05, 0.1) is 0 Å². The summed E-state index contributed by atoms with van der Waals surface area (Å²) in [6.45, 7) is 9.90. The molecular weight excluding hydrogens is 230 g/mol. The molecule has 0 bridgehead atoms. The summed E-state index contributed by atoms with van der Waals surface area (Å²) in [5.74, 6) is 0. The molecule has 5 heteroatoms. The third-order valence-corrected chi connectivity index (χ3v) is 3.72. The number of piperazine rings is 1. The SMILES string of the molecule is C=CCOC(=O)N1CCC(N2CCNCC2)CC1. The number of likely N-dealkylation sites (tertiary alicyclic amines) is 1. The summed E-state index contributed by atoms with van der Waals surface area (Å²) in [7, 11) is 0. The van der Waals surface area contributed by atoms with Gasteiger partial charge < -0.3 is 15.0 Å². The number of piperidine rings is 1. The molecular formula is C13H23N3O2. The van der Waals surface area contributed by atoms with Crippen LogP contribution in [0.1, 0.15) is 12.8 Å². The zero-order chi connectivity index (χ0) is 12.8. The van der Waals surface area contributed by atoms with E-state index in [9.17, 15) is 4.79 Å². The summed E-state index contributed by atoms with van der Waals surface area (Å²) < 4.78 is 5.06. The molecule has 0 atom stereocenters. The predicted octanol–water partition coefficient (Wildman–Crippen LogP) is 0.679. The predicted molar refractivity (Wildman–Crippen MR) is 70.6 cm³/mol. The van der Waals surface area contributed by atoms with Crippen LogP contribution in [0.25, 0.3) is 0 Å². The van der Waals surface area contributed by atoms with Gasteiger partial charge in [-0.1, -0.05) is 12.7 Å². The van der Waals surface area contributed by atoms with E-state index in [2.05, 4.69) is 16.8 Å². The molecule has 2 rings (SSSR count). The third kappa shape index (κ3) is 3.46. The van der Waals surface area contributed by atoms with E-state index in [1.807, 2.05) is 4.90 Å². The molecule has 0 aromatic carbocycles.